The van der Waals surface area contributed by atoms with Crippen LogP contribution in [0, 0.1) is 0 Å². The van der Waals surface area contributed by atoms with Crippen molar-refractivity contribution in [2.45, 2.75) is 24.8 Å². The van der Waals surface area contributed by atoms with Crippen LogP contribution < -0.4 is 10.1 Å². The molecule has 0 saturated heterocycles. The molecule has 3 aromatic rings. The zero-order valence-corrected chi connectivity index (χ0v) is 19.1. The van der Waals surface area contributed by atoms with Gasteiger partial charge in [0.15, 0.2) is 11.0 Å². The zero-order chi connectivity index (χ0) is 24.7. The number of esters is 1. The van der Waals surface area contributed by atoms with Crippen molar-refractivity contribution in [1.29, 1.82) is 0 Å². The Bertz CT molecular complexity index is 1150. The second-order valence-electron chi connectivity index (χ2n) is 6.79. The van der Waals surface area contributed by atoms with Gasteiger partial charge in [-0.05, 0) is 49.4 Å². The first-order valence-electron chi connectivity index (χ1n) is 10.1. The number of halogens is 3. The summed E-state index contributed by atoms with van der Waals surface area (Å²) < 4.78 is 51.1. The fourth-order valence-electron chi connectivity index (χ4n) is 2.92. The minimum atomic E-state index is -4.55. The lowest BCUT2D eigenvalue weighted by molar-refractivity contribution is -0.140. The highest BCUT2D eigenvalue weighted by Crippen LogP contribution is 2.31. The fraction of sp³-hybridized carbons (Fsp3) is 0.273. The van der Waals surface area contributed by atoms with Crippen molar-refractivity contribution in [2.75, 3.05) is 19.5 Å². The van der Waals surface area contributed by atoms with E-state index in [2.05, 4.69) is 15.5 Å². The molecule has 1 heterocycles. The first-order valence-corrected chi connectivity index (χ1v) is 11.0. The average Bonchev–Trinajstić information content (AvgIpc) is 3.24. The molecule has 2 aromatic carbocycles. The third-order valence-corrected chi connectivity index (χ3v) is 5.42. The lowest BCUT2D eigenvalue weighted by atomic mass is 10.2. The van der Waals surface area contributed by atoms with E-state index in [0.717, 1.165) is 23.9 Å². The lowest BCUT2D eigenvalue weighted by Gasteiger charge is -2.13. The third-order valence-electron chi connectivity index (χ3n) is 4.52. The SMILES string of the molecule is CCOC(=O)CSc1nnc(CNC(=O)c2ccc(OC)cc2)n1-c1cccc(C(F)(F)F)c1. The number of nitrogens with zero attached hydrogens (tertiary/aromatic N) is 3. The summed E-state index contributed by atoms with van der Waals surface area (Å²) in [5.74, 6) is -0.248. The molecule has 0 bridgehead atoms. The van der Waals surface area contributed by atoms with E-state index in [-0.39, 0.29) is 35.6 Å². The number of hydrogen-bond donors (Lipinski definition) is 1. The molecule has 0 unspecified atom stereocenters. The van der Waals surface area contributed by atoms with Gasteiger partial charge in [0.25, 0.3) is 5.91 Å². The first-order chi connectivity index (χ1) is 16.2. The highest BCUT2D eigenvalue weighted by atomic mass is 32.2. The molecule has 0 fully saturated rings. The van der Waals surface area contributed by atoms with Gasteiger partial charge in [0.05, 0.1) is 37.3 Å². The molecule has 1 aromatic heterocycles. The second kappa shape index (κ2) is 11.1. The molecule has 0 spiro atoms. The Kier molecular flexibility index (Phi) is 8.16. The van der Waals surface area contributed by atoms with Crippen LogP contribution in [-0.2, 0) is 22.3 Å². The van der Waals surface area contributed by atoms with E-state index in [0.29, 0.717) is 11.3 Å². The highest BCUT2D eigenvalue weighted by molar-refractivity contribution is 7.99. The smallest absolute Gasteiger partial charge is 0.416 e. The Balaban J connectivity index is 1.87. The van der Waals surface area contributed by atoms with E-state index in [4.69, 9.17) is 9.47 Å². The van der Waals surface area contributed by atoms with Gasteiger partial charge in [-0.1, -0.05) is 17.8 Å². The van der Waals surface area contributed by atoms with Crippen molar-refractivity contribution in [3.63, 3.8) is 0 Å². The van der Waals surface area contributed by atoms with Gasteiger partial charge in [-0.25, -0.2) is 0 Å². The van der Waals surface area contributed by atoms with E-state index in [1.807, 2.05) is 0 Å². The van der Waals surface area contributed by atoms with E-state index in [1.165, 1.54) is 23.8 Å². The zero-order valence-electron chi connectivity index (χ0n) is 18.3. The number of amides is 1. The van der Waals surface area contributed by atoms with Gasteiger partial charge in [0.2, 0.25) is 0 Å². The van der Waals surface area contributed by atoms with Crippen molar-refractivity contribution in [1.82, 2.24) is 20.1 Å². The minimum absolute atomic E-state index is 0.108. The van der Waals surface area contributed by atoms with Gasteiger partial charge >= 0.3 is 12.1 Å². The number of benzene rings is 2. The number of hydrogen-bond acceptors (Lipinski definition) is 7. The van der Waals surface area contributed by atoms with Crippen molar-refractivity contribution in [3.8, 4) is 11.4 Å². The van der Waals surface area contributed by atoms with Gasteiger partial charge < -0.3 is 14.8 Å². The number of carbonyl (C=O) groups excluding carboxylic acids is 2. The quantitative estimate of drug-likeness (QED) is 0.356. The van der Waals surface area contributed by atoms with Gasteiger partial charge in [0, 0.05) is 5.56 Å². The van der Waals surface area contributed by atoms with Crippen LogP contribution in [0.3, 0.4) is 0 Å². The molecule has 12 heteroatoms. The molecule has 1 amide bonds. The molecule has 0 atom stereocenters. The highest BCUT2D eigenvalue weighted by Gasteiger charge is 2.31. The maximum atomic E-state index is 13.3. The van der Waals surface area contributed by atoms with Crippen LogP contribution in [0.25, 0.3) is 5.69 Å². The Morgan fingerprint density at radius 1 is 1.12 bits per heavy atom. The Hall–Kier alpha value is -3.54. The van der Waals surface area contributed by atoms with Gasteiger partial charge in [0.1, 0.15) is 5.75 Å². The Labute approximate surface area is 197 Å². The van der Waals surface area contributed by atoms with Gasteiger partial charge in [-0.15, -0.1) is 10.2 Å². The number of carbonyl (C=O) groups is 2. The summed E-state index contributed by atoms with van der Waals surface area (Å²) in [6, 6.07) is 11.0. The van der Waals surface area contributed by atoms with Crippen LogP contribution in [0.2, 0.25) is 0 Å². The second-order valence-corrected chi connectivity index (χ2v) is 7.73. The summed E-state index contributed by atoms with van der Waals surface area (Å²) in [5, 5.41) is 10.9. The van der Waals surface area contributed by atoms with E-state index < -0.39 is 23.6 Å². The molecule has 0 radical (unpaired) electrons. The summed E-state index contributed by atoms with van der Waals surface area (Å²) in [4.78, 5) is 24.3. The summed E-state index contributed by atoms with van der Waals surface area (Å²) >= 11 is 0.966. The predicted molar refractivity (Wildman–Crippen MR) is 118 cm³/mol. The Morgan fingerprint density at radius 3 is 2.50 bits per heavy atom. The fourth-order valence-corrected chi connectivity index (χ4v) is 3.69. The largest absolute Gasteiger partial charge is 0.497 e. The summed E-state index contributed by atoms with van der Waals surface area (Å²) in [7, 11) is 1.51. The normalized spacial score (nSPS) is 11.2. The van der Waals surface area contributed by atoms with E-state index in [9.17, 15) is 22.8 Å². The number of alkyl halides is 3. The number of thioether (sulfide) groups is 1. The molecule has 0 aliphatic carbocycles. The monoisotopic (exact) mass is 494 g/mol. The van der Waals surface area contributed by atoms with Gasteiger partial charge in [-0.3, -0.25) is 14.2 Å². The maximum absolute atomic E-state index is 13.3. The molecule has 3 rings (SSSR count). The summed E-state index contributed by atoms with van der Waals surface area (Å²) in [6.07, 6.45) is -4.55. The molecule has 34 heavy (non-hydrogen) atoms. The Morgan fingerprint density at radius 2 is 1.85 bits per heavy atom. The minimum Gasteiger partial charge on any atom is -0.497 e. The van der Waals surface area contributed by atoms with Crippen LogP contribution in [-0.4, -0.2) is 46.1 Å². The molecule has 180 valence electrons. The van der Waals surface area contributed by atoms with Crippen molar-refractivity contribution < 1.29 is 32.2 Å². The number of aromatic nitrogens is 3. The standard InChI is InChI=1S/C22H21F3N4O4S/c1-3-33-19(30)13-34-21-28-27-18(12-26-20(31)14-7-9-17(32-2)10-8-14)29(21)16-6-4-5-15(11-16)22(23,24)25/h4-11H,3,12-13H2,1-2H3,(H,26,31). The molecular formula is C22H21F3N4O4S. The lowest BCUT2D eigenvalue weighted by Crippen LogP contribution is -2.24. The third kappa shape index (κ3) is 6.28. The molecule has 0 aliphatic rings. The molecule has 8 nitrogen and oxygen atoms in total. The number of rotatable bonds is 9. The summed E-state index contributed by atoms with van der Waals surface area (Å²) in [5.41, 5.74) is -0.351. The van der Waals surface area contributed by atoms with Crippen LogP contribution in [0.4, 0.5) is 13.2 Å². The van der Waals surface area contributed by atoms with Crippen molar-refractivity contribution in [2.24, 2.45) is 0 Å². The van der Waals surface area contributed by atoms with Crippen LogP contribution in [0.5, 0.6) is 5.75 Å². The van der Waals surface area contributed by atoms with E-state index >= 15 is 0 Å². The van der Waals surface area contributed by atoms with E-state index in [1.54, 1.807) is 31.2 Å². The number of nitrogens with one attached hydrogen (secondary N) is 1. The van der Waals surface area contributed by atoms with Crippen LogP contribution >= 0.6 is 11.8 Å². The first kappa shape index (κ1) is 25.1. The maximum Gasteiger partial charge on any atom is 0.416 e. The number of methoxy groups -OCH3 is 1. The van der Waals surface area contributed by atoms with Gasteiger partial charge in [-0.2, -0.15) is 13.2 Å². The molecule has 0 aliphatic heterocycles. The molecule has 0 saturated carbocycles. The average molecular weight is 494 g/mol. The van der Waals surface area contributed by atoms with Crippen LogP contribution in [0.1, 0.15) is 28.7 Å². The molecular weight excluding hydrogens is 473 g/mol. The predicted octanol–water partition coefficient (Wildman–Crippen LogP) is 3.88. The van der Waals surface area contributed by atoms with Crippen molar-refractivity contribution >= 4 is 23.6 Å². The molecule has 1 N–H and O–H groups in total. The summed E-state index contributed by atoms with van der Waals surface area (Å²) in [6.45, 7) is 1.74. The topological polar surface area (TPSA) is 95.3 Å². The van der Waals surface area contributed by atoms with Crippen LogP contribution in [0.15, 0.2) is 53.7 Å². The van der Waals surface area contributed by atoms with Crippen molar-refractivity contribution in [3.05, 3.63) is 65.5 Å². The number of ether oxygens (including phenoxy) is 2.